The maximum atomic E-state index is 5.67. The molecule has 0 aromatic heterocycles. The summed E-state index contributed by atoms with van der Waals surface area (Å²) in [6.07, 6.45) is 2.89. The van der Waals surface area contributed by atoms with Gasteiger partial charge in [-0.25, -0.2) is 0 Å². The molecule has 1 aliphatic heterocycles. The topological polar surface area (TPSA) is 9.23 Å². The average Bonchev–Trinajstić information content (AvgIpc) is 2.71. The predicted octanol–water partition coefficient (Wildman–Crippen LogP) is 2.97. The van der Waals surface area contributed by atoms with Crippen molar-refractivity contribution in [3.8, 4) is 0 Å². The molecule has 70 valence electrons. The molecule has 0 spiro atoms. The molecule has 1 aromatic carbocycles. The van der Waals surface area contributed by atoms with Crippen LogP contribution in [0, 0.1) is 0 Å². The van der Waals surface area contributed by atoms with E-state index in [1.54, 1.807) is 0 Å². The van der Waals surface area contributed by atoms with Crippen molar-refractivity contribution in [1.29, 1.82) is 0 Å². The fraction of sp³-hybridized carbons (Fsp3) is 0.500. The minimum Gasteiger partial charge on any atom is -0.378 e. The van der Waals surface area contributed by atoms with E-state index in [-0.39, 0.29) is 0 Å². The summed E-state index contributed by atoms with van der Waals surface area (Å²) < 4.78 is 5.67. The van der Waals surface area contributed by atoms with Gasteiger partial charge in [0.2, 0.25) is 0 Å². The standard InChI is InChI=1S/C12H16O/c1-10(12-8-5-9-13-12)11-6-3-2-4-7-11/h2-4,6-7,10,12H,5,8-9H2,1H3/t10-,12+/m0/s1. The molecule has 0 amide bonds. The van der Waals surface area contributed by atoms with Gasteiger partial charge in [-0.05, 0) is 18.4 Å². The first-order valence-corrected chi connectivity index (χ1v) is 5.04. The maximum absolute atomic E-state index is 5.67. The van der Waals surface area contributed by atoms with Crippen LogP contribution >= 0.6 is 0 Å². The van der Waals surface area contributed by atoms with E-state index in [2.05, 4.69) is 37.3 Å². The minimum atomic E-state index is 0.447. The zero-order valence-corrected chi connectivity index (χ0v) is 8.07. The minimum absolute atomic E-state index is 0.447. The first-order valence-electron chi connectivity index (χ1n) is 5.04. The zero-order valence-electron chi connectivity index (χ0n) is 8.07. The van der Waals surface area contributed by atoms with Gasteiger partial charge in [0.05, 0.1) is 6.10 Å². The fourth-order valence-electron chi connectivity index (χ4n) is 1.97. The highest BCUT2D eigenvalue weighted by Gasteiger charge is 2.22. The van der Waals surface area contributed by atoms with Gasteiger partial charge in [-0.15, -0.1) is 0 Å². The van der Waals surface area contributed by atoms with Crippen LogP contribution in [0.1, 0.15) is 31.2 Å². The van der Waals surface area contributed by atoms with Gasteiger partial charge in [-0.3, -0.25) is 0 Å². The third-order valence-corrected chi connectivity index (χ3v) is 2.85. The lowest BCUT2D eigenvalue weighted by Gasteiger charge is -2.18. The van der Waals surface area contributed by atoms with Gasteiger partial charge >= 0.3 is 0 Å². The average molecular weight is 176 g/mol. The maximum Gasteiger partial charge on any atom is 0.0641 e. The number of rotatable bonds is 2. The molecule has 1 nitrogen and oxygen atoms in total. The summed E-state index contributed by atoms with van der Waals surface area (Å²) in [6.45, 7) is 3.20. The van der Waals surface area contributed by atoms with Crippen molar-refractivity contribution in [3.63, 3.8) is 0 Å². The van der Waals surface area contributed by atoms with E-state index < -0.39 is 0 Å². The third-order valence-electron chi connectivity index (χ3n) is 2.85. The van der Waals surface area contributed by atoms with Gasteiger partial charge in [-0.1, -0.05) is 37.3 Å². The molecule has 1 heterocycles. The second kappa shape index (κ2) is 3.93. The van der Waals surface area contributed by atoms with Crippen molar-refractivity contribution in [2.45, 2.75) is 31.8 Å². The second-order valence-electron chi connectivity index (χ2n) is 3.75. The molecule has 2 rings (SSSR count). The van der Waals surface area contributed by atoms with E-state index in [1.807, 2.05) is 0 Å². The van der Waals surface area contributed by atoms with E-state index in [9.17, 15) is 0 Å². The van der Waals surface area contributed by atoms with Crippen LogP contribution < -0.4 is 0 Å². The largest absolute Gasteiger partial charge is 0.378 e. The number of benzene rings is 1. The van der Waals surface area contributed by atoms with Crippen LogP contribution in [0.3, 0.4) is 0 Å². The molecule has 0 aliphatic carbocycles. The smallest absolute Gasteiger partial charge is 0.0641 e. The number of ether oxygens (including phenoxy) is 1. The fourth-order valence-corrected chi connectivity index (χ4v) is 1.97. The van der Waals surface area contributed by atoms with Crippen molar-refractivity contribution >= 4 is 0 Å². The molecule has 2 atom stereocenters. The van der Waals surface area contributed by atoms with Crippen molar-refractivity contribution in [3.05, 3.63) is 35.9 Å². The molecule has 0 unspecified atom stereocenters. The Bertz CT molecular complexity index is 249. The van der Waals surface area contributed by atoms with Gasteiger partial charge in [0.15, 0.2) is 0 Å². The van der Waals surface area contributed by atoms with Crippen molar-refractivity contribution in [2.75, 3.05) is 6.61 Å². The zero-order chi connectivity index (χ0) is 9.10. The van der Waals surface area contributed by atoms with E-state index in [0.29, 0.717) is 12.0 Å². The molecule has 0 N–H and O–H groups in total. The van der Waals surface area contributed by atoms with Crippen molar-refractivity contribution < 1.29 is 4.74 Å². The van der Waals surface area contributed by atoms with Crippen LogP contribution in [-0.2, 0) is 4.74 Å². The van der Waals surface area contributed by atoms with E-state index in [4.69, 9.17) is 4.74 Å². The van der Waals surface area contributed by atoms with Crippen LogP contribution in [0.15, 0.2) is 30.3 Å². The Morgan fingerprint density at radius 2 is 2.08 bits per heavy atom. The molecule has 1 aromatic rings. The summed E-state index contributed by atoms with van der Waals surface area (Å²) in [5.74, 6) is 0.545. The highest BCUT2D eigenvalue weighted by atomic mass is 16.5. The summed E-state index contributed by atoms with van der Waals surface area (Å²) >= 11 is 0. The summed E-state index contributed by atoms with van der Waals surface area (Å²) in [6, 6.07) is 10.6. The SMILES string of the molecule is C[C@@H](c1ccccc1)[C@H]1CCCO1. The Hall–Kier alpha value is -0.820. The molecule has 0 radical (unpaired) electrons. The van der Waals surface area contributed by atoms with Gasteiger partial charge < -0.3 is 4.74 Å². The predicted molar refractivity (Wildman–Crippen MR) is 53.8 cm³/mol. The number of hydrogen-bond donors (Lipinski definition) is 0. The molecule has 1 saturated heterocycles. The molecule has 0 bridgehead atoms. The van der Waals surface area contributed by atoms with E-state index in [0.717, 1.165) is 6.61 Å². The van der Waals surface area contributed by atoms with Crippen molar-refractivity contribution in [2.24, 2.45) is 0 Å². The summed E-state index contributed by atoms with van der Waals surface area (Å²) in [4.78, 5) is 0. The van der Waals surface area contributed by atoms with Crippen LogP contribution in [0.4, 0.5) is 0 Å². The van der Waals surface area contributed by atoms with Crippen LogP contribution in [0.2, 0.25) is 0 Å². The van der Waals surface area contributed by atoms with Gasteiger partial charge in [0.1, 0.15) is 0 Å². The molecule has 1 heteroatoms. The molecule has 13 heavy (non-hydrogen) atoms. The molecule has 1 fully saturated rings. The molecular formula is C12H16O. The molecule has 1 aliphatic rings. The first-order chi connectivity index (χ1) is 6.38. The first kappa shape index (κ1) is 8.76. The second-order valence-corrected chi connectivity index (χ2v) is 3.75. The van der Waals surface area contributed by atoms with Crippen LogP contribution in [0.25, 0.3) is 0 Å². The summed E-state index contributed by atoms with van der Waals surface area (Å²) in [7, 11) is 0. The molecule has 0 saturated carbocycles. The van der Waals surface area contributed by atoms with Crippen molar-refractivity contribution in [1.82, 2.24) is 0 Å². The summed E-state index contributed by atoms with van der Waals surface area (Å²) in [5, 5.41) is 0. The van der Waals surface area contributed by atoms with Crippen LogP contribution in [0.5, 0.6) is 0 Å². The molecular weight excluding hydrogens is 160 g/mol. The monoisotopic (exact) mass is 176 g/mol. The highest BCUT2D eigenvalue weighted by molar-refractivity contribution is 5.20. The van der Waals surface area contributed by atoms with Gasteiger partial charge in [0.25, 0.3) is 0 Å². The van der Waals surface area contributed by atoms with E-state index >= 15 is 0 Å². The summed E-state index contributed by atoms with van der Waals surface area (Å²) in [5.41, 5.74) is 1.40. The Balaban J connectivity index is 2.08. The lowest BCUT2D eigenvalue weighted by molar-refractivity contribution is 0.0932. The lowest BCUT2D eigenvalue weighted by Crippen LogP contribution is -2.14. The Labute approximate surface area is 79.7 Å². The normalized spacial score (nSPS) is 24.5. The Morgan fingerprint density at radius 1 is 1.31 bits per heavy atom. The number of hydrogen-bond acceptors (Lipinski definition) is 1. The van der Waals surface area contributed by atoms with Crippen LogP contribution in [-0.4, -0.2) is 12.7 Å². The quantitative estimate of drug-likeness (QED) is 0.673. The van der Waals surface area contributed by atoms with Gasteiger partial charge in [-0.2, -0.15) is 0 Å². The Morgan fingerprint density at radius 3 is 2.69 bits per heavy atom. The Kier molecular flexibility index (Phi) is 2.65. The third kappa shape index (κ3) is 1.92. The van der Waals surface area contributed by atoms with Gasteiger partial charge in [0, 0.05) is 12.5 Å². The highest BCUT2D eigenvalue weighted by Crippen LogP contribution is 2.27. The lowest BCUT2D eigenvalue weighted by atomic mass is 9.94. The van der Waals surface area contributed by atoms with E-state index in [1.165, 1.54) is 18.4 Å².